The van der Waals surface area contributed by atoms with Gasteiger partial charge in [-0.15, -0.1) is 0 Å². The fourth-order valence-corrected chi connectivity index (χ4v) is 8.43. The summed E-state index contributed by atoms with van der Waals surface area (Å²) in [7, 11) is 0.474. The van der Waals surface area contributed by atoms with E-state index in [1.807, 2.05) is 91.8 Å². The fourth-order valence-electron chi connectivity index (χ4n) is 5.81. The van der Waals surface area contributed by atoms with Crippen molar-refractivity contribution in [1.29, 1.82) is 0 Å². The Morgan fingerprint density at radius 3 is 2.36 bits per heavy atom. The molecule has 0 unspecified atom stereocenters. The van der Waals surface area contributed by atoms with Crippen LogP contribution in [0.15, 0.2) is 72.8 Å². The van der Waals surface area contributed by atoms with Crippen molar-refractivity contribution in [3.05, 3.63) is 78.4 Å². The molecule has 0 spiro atoms. The summed E-state index contributed by atoms with van der Waals surface area (Å²) >= 11 is 0. The molecular formula is C32H41N2O4P. The lowest BCUT2D eigenvalue weighted by molar-refractivity contribution is 0.0489. The van der Waals surface area contributed by atoms with Crippen molar-refractivity contribution >= 4 is 24.0 Å². The zero-order chi connectivity index (χ0) is 27.6. The van der Waals surface area contributed by atoms with Gasteiger partial charge in [-0.25, -0.2) is 0 Å². The average Bonchev–Trinajstić information content (AvgIpc) is 3.40. The Kier molecular flexibility index (Phi) is 8.25. The molecule has 208 valence electrons. The lowest BCUT2D eigenvalue weighted by Crippen LogP contribution is -2.35. The minimum absolute atomic E-state index is 0.0952. The van der Waals surface area contributed by atoms with Crippen LogP contribution in [0.4, 0.5) is 11.4 Å². The third-order valence-corrected chi connectivity index (χ3v) is 10.8. The maximum absolute atomic E-state index is 15.7. The second kappa shape index (κ2) is 11.7. The number of nitrogens with one attached hydrogen (secondary N) is 1. The quantitative estimate of drug-likeness (QED) is 0.277. The summed E-state index contributed by atoms with van der Waals surface area (Å²) < 4.78 is 34.0. The van der Waals surface area contributed by atoms with Gasteiger partial charge in [0.15, 0.2) is 11.5 Å². The van der Waals surface area contributed by atoms with Crippen LogP contribution in [0.3, 0.4) is 0 Å². The molecule has 3 aromatic carbocycles. The average molecular weight is 549 g/mol. The third-order valence-electron chi connectivity index (χ3n) is 8.11. The molecule has 0 saturated heterocycles. The minimum atomic E-state index is -3.54. The second-order valence-corrected chi connectivity index (χ2v) is 13.9. The van der Waals surface area contributed by atoms with Gasteiger partial charge in [0.25, 0.3) is 7.37 Å². The maximum Gasteiger partial charge on any atom is 0.258 e. The maximum atomic E-state index is 15.7. The van der Waals surface area contributed by atoms with E-state index in [4.69, 9.17) is 14.0 Å². The number of ether oxygens (including phenoxy) is 2. The van der Waals surface area contributed by atoms with Crippen molar-refractivity contribution in [2.75, 3.05) is 31.1 Å². The van der Waals surface area contributed by atoms with E-state index in [1.165, 1.54) is 6.42 Å². The van der Waals surface area contributed by atoms with Crippen molar-refractivity contribution in [2.45, 2.75) is 51.9 Å². The van der Waals surface area contributed by atoms with E-state index in [2.05, 4.69) is 26.1 Å². The van der Waals surface area contributed by atoms with Crippen LogP contribution in [0.5, 0.6) is 11.5 Å². The van der Waals surface area contributed by atoms with Gasteiger partial charge < -0.3 is 24.2 Å². The standard InChI is InChI=1S/C32H41N2O4P/c1-22(2)28-17-11-23(3)19-30(28)38-39(35,27-15-13-26(14-16-27)34(4)5)32(33-25-9-7-6-8-10-25)24-12-18-29-31(20-24)37-21-36-29/h6-10,12-16,18,20,22-23,28,30,32-33H,11,17,19,21H2,1-5H3/t23-,28-,30-,32-,39+/m1/s1. The second-order valence-electron chi connectivity index (χ2n) is 11.5. The highest BCUT2D eigenvalue weighted by molar-refractivity contribution is 7.67. The first-order chi connectivity index (χ1) is 18.7. The molecule has 5 rings (SSSR count). The van der Waals surface area contributed by atoms with Crippen molar-refractivity contribution in [2.24, 2.45) is 17.8 Å². The molecule has 1 heterocycles. The summed E-state index contributed by atoms with van der Waals surface area (Å²) in [6, 6.07) is 23.7. The zero-order valence-corrected chi connectivity index (χ0v) is 24.6. The molecule has 1 aliphatic carbocycles. The van der Waals surface area contributed by atoms with Gasteiger partial charge in [0.05, 0.1) is 6.10 Å². The Morgan fingerprint density at radius 1 is 0.949 bits per heavy atom. The molecule has 1 aliphatic heterocycles. The third kappa shape index (κ3) is 5.97. The van der Waals surface area contributed by atoms with Crippen molar-refractivity contribution in [3.63, 3.8) is 0 Å². The summed E-state index contributed by atoms with van der Waals surface area (Å²) in [4.78, 5) is 2.05. The van der Waals surface area contributed by atoms with Crippen LogP contribution in [0.1, 0.15) is 51.4 Å². The summed E-state index contributed by atoms with van der Waals surface area (Å²) in [6.45, 7) is 6.98. The normalized spacial score (nSPS) is 22.8. The van der Waals surface area contributed by atoms with Crippen molar-refractivity contribution in [3.8, 4) is 11.5 Å². The first-order valence-electron chi connectivity index (χ1n) is 14.0. The molecule has 5 atom stereocenters. The van der Waals surface area contributed by atoms with Crippen LogP contribution < -0.4 is 25.0 Å². The predicted octanol–water partition coefficient (Wildman–Crippen LogP) is 7.67. The largest absolute Gasteiger partial charge is 0.454 e. The van der Waals surface area contributed by atoms with Crippen molar-refractivity contribution in [1.82, 2.24) is 0 Å². The fraction of sp³-hybridized carbons (Fsp3) is 0.438. The lowest BCUT2D eigenvalue weighted by atomic mass is 9.75. The molecule has 3 aromatic rings. The number of para-hydroxylation sites is 1. The number of fused-ring (bicyclic) bond motifs is 1. The van der Waals surface area contributed by atoms with Gasteiger partial charge in [-0.05, 0) is 84.7 Å². The predicted molar refractivity (Wildman–Crippen MR) is 160 cm³/mol. The molecule has 0 aromatic heterocycles. The molecule has 0 amide bonds. The zero-order valence-electron chi connectivity index (χ0n) is 23.7. The van der Waals surface area contributed by atoms with E-state index < -0.39 is 13.2 Å². The van der Waals surface area contributed by atoms with Crippen LogP contribution >= 0.6 is 7.37 Å². The van der Waals surface area contributed by atoms with Gasteiger partial charge in [-0.2, -0.15) is 0 Å². The number of rotatable bonds is 9. The highest BCUT2D eigenvalue weighted by atomic mass is 31.2. The monoisotopic (exact) mass is 548 g/mol. The molecule has 1 N–H and O–H groups in total. The van der Waals surface area contributed by atoms with Crippen LogP contribution in [0, 0.1) is 17.8 Å². The number of hydrogen-bond donors (Lipinski definition) is 1. The Bertz CT molecular complexity index is 1300. The summed E-state index contributed by atoms with van der Waals surface area (Å²) in [5, 5.41) is 4.32. The molecule has 1 saturated carbocycles. The van der Waals surface area contributed by atoms with Gasteiger partial charge in [0.2, 0.25) is 6.79 Å². The van der Waals surface area contributed by atoms with Crippen LogP contribution in [-0.4, -0.2) is 27.0 Å². The van der Waals surface area contributed by atoms with Crippen molar-refractivity contribution < 1.29 is 18.6 Å². The van der Waals surface area contributed by atoms with E-state index >= 15 is 4.57 Å². The molecule has 6 nitrogen and oxygen atoms in total. The van der Waals surface area contributed by atoms with E-state index in [0.29, 0.717) is 34.6 Å². The van der Waals surface area contributed by atoms with Gasteiger partial charge in [0, 0.05) is 30.8 Å². The Balaban J connectivity index is 1.64. The molecule has 39 heavy (non-hydrogen) atoms. The van der Waals surface area contributed by atoms with Crippen LogP contribution in [0.2, 0.25) is 0 Å². The van der Waals surface area contributed by atoms with Crippen LogP contribution in [0.25, 0.3) is 0 Å². The lowest BCUT2D eigenvalue weighted by Gasteiger charge is -2.41. The van der Waals surface area contributed by atoms with Gasteiger partial charge >= 0.3 is 0 Å². The topological polar surface area (TPSA) is 60.0 Å². The van der Waals surface area contributed by atoms with E-state index in [9.17, 15) is 0 Å². The SMILES string of the molecule is CC(C)[C@H]1CC[C@@H](C)C[C@H]1O[P@@](=O)(c1ccc(N(C)C)cc1)[C@@H](Nc1ccccc1)c1ccc2c(c1)OCO2. The Labute approximate surface area is 233 Å². The van der Waals surface area contributed by atoms with Gasteiger partial charge in [0.1, 0.15) is 5.78 Å². The number of hydrogen-bond acceptors (Lipinski definition) is 6. The van der Waals surface area contributed by atoms with E-state index in [-0.39, 0.29) is 12.9 Å². The first kappa shape index (κ1) is 27.6. The van der Waals surface area contributed by atoms with Crippen LogP contribution in [-0.2, 0) is 9.09 Å². The number of benzene rings is 3. The molecular weight excluding hydrogens is 507 g/mol. The highest BCUT2D eigenvalue weighted by Gasteiger charge is 2.44. The Hall–Kier alpha value is -2.95. The summed E-state index contributed by atoms with van der Waals surface area (Å²) in [5.41, 5.74) is 2.77. The summed E-state index contributed by atoms with van der Waals surface area (Å²) in [6.07, 6.45) is 3.08. The number of anilines is 2. The first-order valence-corrected chi connectivity index (χ1v) is 15.7. The van der Waals surface area contributed by atoms with Gasteiger partial charge in [-0.3, -0.25) is 4.57 Å². The Morgan fingerprint density at radius 2 is 1.67 bits per heavy atom. The molecule has 0 radical (unpaired) electrons. The summed E-state index contributed by atoms with van der Waals surface area (Å²) in [5.74, 6) is 2.06. The smallest absolute Gasteiger partial charge is 0.258 e. The van der Waals surface area contributed by atoms with Gasteiger partial charge in [-0.1, -0.05) is 51.5 Å². The molecule has 1 fully saturated rings. The molecule has 2 aliphatic rings. The molecule has 7 heteroatoms. The molecule has 0 bridgehead atoms. The number of nitrogens with zero attached hydrogens (tertiary/aromatic N) is 1. The van der Waals surface area contributed by atoms with E-state index in [1.54, 1.807) is 0 Å². The van der Waals surface area contributed by atoms with E-state index in [0.717, 1.165) is 29.8 Å². The minimum Gasteiger partial charge on any atom is -0.454 e. The highest BCUT2D eigenvalue weighted by Crippen LogP contribution is 2.62.